The van der Waals surface area contributed by atoms with Crippen LogP contribution in [-0.2, 0) is 24.9 Å². The van der Waals surface area contributed by atoms with E-state index >= 15 is 0 Å². The van der Waals surface area contributed by atoms with Gasteiger partial charge in [-0.05, 0) is 35.2 Å². The number of amides is 1. The molecule has 0 unspecified atom stereocenters. The van der Waals surface area contributed by atoms with Crippen LogP contribution in [0.2, 0.25) is 5.02 Å². The number of carbonyl (C=O) groups is 1. The number of anilines is 1. The van der Waals surface area contributed by atoms with Gasteiger partial charge in [0.25, 0.3) is 0 Å². The first kappa shape index (κ1) is 24.5. The van der Waals surface area contributed by atoms with Crippen LogP contribution in [0.15, 0.2) is 53.4 Å². The molecule has 0 radical (unpaired) electrons. The molecule has 9 heteroatoms. The van der Waals surface area contributed by atoms with Gasteiger partial charge in [0.2, 0.25) is 15.8 Å². The molecule has 1 fully saturated rings. The topological polar surface area (TPSA) is 84.9 Å². The van der Waals surface area contributed by atoms with E-state index < -0.39 is 21.9 Å². The summed E-state index contributed by atoms with van der Waals surface area (Å²) in [6, 6.07) is 13.9. The van der Waals surface area contributed by atoms with Crippen LogP contribution in [0.3, 0.4) is 0 Å². The zero-order valence-corrected chi connectivity index (χ0v) is 20.3. The van der Waals surface area contributed by atoms with Gasteiger partial charge in [-0.15, -0.1) is 0 Å². The van der Waals surface area contributed by atoms with Crippen LogP contribution in [0.25, 0.3) is 0 Å². The number of hydrogen-bond donors (Lipinski definition) is 1. The fourth-order valence-electron chi connectivity index (χ4n) is 3.57. The van der Waals surface area contributed by atoms with Gasteiger partial charge in [0, 0.05) is 38.7 Å². The Kier molecular flexibility index (Phi) is 7.19. The second-order valence-corrected chi connectivity index (χ2v) is 11.1. The molecule has 1 amide bonds. The average Bonchev–Trinajstić information content (AvgIpc) is 2.74. The number of ether oxygens (including phenoxy) is 2. The quantitative estimate of drug-likeness (QED) is 0.608. The number of carbonyl (C=O) groups excluding carboxylic acids is 1. The van der Waals surface area contributed by atoms with E-state index in [0.29, 0.717) is 5.69 Å². The van der Waals surface area contributed by atoms with E-state index in [4.69, 9.17) is 21.1 Å². The third-order valence-electron chi connectivity index (χ3n) is 5.59. The van der Waals surface area contributed by atoms with Crippen LogP contribution in [0, 0.1) is 0 Å². The first-order valence-electron chi connectivity index (χ1n) is 10.4. The smallest absolute Gasteiger partial charge is 0.414 e. The van der Waals surface area contributed by atoms with E-state index in [9.17, 15) is 13.2 Å². The summed E-state index contributed by atoms with van der Waals surface area (Å²) in [5.74, 6) is -1.21. The second kappa shape index (κ2) is 9.39. The lowest BCUT2D eigenvalue weighted by Gasteiger charge is -2.39. The molecule has 0 aromatic heterocycles. The first-order valence-corrected chi connectivity index (χ1v) is 12.2. The van der Waals surface area contributed by atoms with Crippen molar-refractivity contribution in [1.29, 1.82) is 0 Å². The second-order valence-electron chi connectivity index (χ2n) is 8.79. The molecule has 0 aliphatic carbocycles. The monoisotopic (exact) mass is 480 g/mol. The van der Waals surface area contributed by atoms with Crippen LogP contribution in [0.1, 0.15) is 39.2 Å². The molecule has 1 heterocycles. The van der Waals surface area contributed by atoms with Crippen LogP contribution < -0.4 is 5.32 Å². The SMILES string of the molecule is COC1(OC(=O)Nc2ccc(C(C)(C)C)cc2)CCN(S(=O)(=O)c2ccccc2Cl)CC1. The molecule has 2 aromatic carbocycles. The lowest BCUT2D eigenvalue weighted by Crippen LogP contribution is -2.50. The number of hydrogen-bond acceptors (Lipinski definition) is 5. The highest BCUT2D eigenvalue weighted by atomic mass is 35.5. The molecule has 1 aliphatic rings. The lowest BCUT2D eigenvalue weighted by molar-refractivity contribution is -0.201. The van der Waals surface area contributed by atoms with Crippen LogP contribution >= 0.6 is 11.6 Å². The Hall–Kier alpha value is -2.13. The summed E-state index contributed by atoms with van der Waals surface area (Å²) in [4.78, 5) is 12.6. The Morgan fingerprint density at radius 3 is 2.19 bits per heavy atom. The number of rotatable bonds is 5. The summed E-state index contributed by atoms with van der Waals surface area (Å²) >= 11 is 6.08. The Morgan fingerprint density at radius 2 is 1.66 bits per heavy atom. The highest BCUT2D eigenvalue weighted by molar-refractivity contribution is 7.89. The Labute approximate surface area is 194 Å². The highest BCUT2D eigenvalue weighted by Crippen LogP contribution is 2.32. The summed E-state index contributed by atoms with van der Waals surface area (Å²) in [6.07, 6.45) is -0.259. The fraction of sp³-hybridized carbons (Fsp3) is 0.435. The molecule has 32 heavy (non-hydrogen) atoms. The average molecular weight is 481 g/mol. The number of benzene rings is 2. The van der Waals surface area contributed by atoms with Gasteiger partial charge in [-0.2, -0.15) is 4.31 Å². The predicted molar refractivity (Wildman–Crippen MR) is 124 cm³/mol. The number of methoxy groups -OCH3 is 1. The van der Waals surface area contributed by atoms with E-state index in [1.54, 1.807) is 18.2 Å². The van der Waals surface area contributed by atoms with Crippen molar-refractivity contribution >= 4 is 33.4 Å². The zero-order valence-electron chi connectivity index (χ0n) is 18.7. The fourth-order valence-corrected chi connectivity index (χ4v) is 5.51. The Balaban J connectivity index is 1.63. The zero-order chi connectivity index (χ0) is 23.6. The number of piperidine rings is 1. The van der Waals surface area contributed by atoms with Gasteiger partial charge in [-0.25, -0.2) is 13.2 Å². The van der Waals surface area contributed by atoms with Gasteiger partial charge in [-0.1, -0.05) is 56.6 Å². The minimum absolute atomic E-state index is 0.0113. The molecule has 0 spiro atoms. The van der Waals surface area contributed by atoms with Crippen molar-refractivity contribution in [2.24, 2.45) is 0 Å². The minimum Gasteiger partial charge on any atom is -0.417 e. The predicted octanol–water partition coefficient (Wildman–Crippen LogP) is 5.01. The van der Waals surface area contributed by atoms with Crippen molar-refractivity contribution in [3.05, 3.63) is 59.1 Å². The van der Waals surface area contributed by atoms with Crippen molar-refractivity contribution in [2.45, 2.75) is 49.7 Å². The van der Waals surface area contributed by atoms with Gasteiger partial charge in [-0.3, -0.25) is 5.32 Å². The molecule has 7 nitrogen and oxygen atoms in total. The molecule has 1 saturated heterocycles. The molecule has 1 N–H and O–H groups in total. The van der Waals surface area contributed by atoms with Crippen LogP contribution in [0.5, 0.6) is 0 Å². The highest BCUT2D eigenvalue weighted by Gasteiger charge is 2.42. The lowest BCUT2D eigenvalue weighted by atomic mass is 9.87. The third-order valence-corrected chi connectivity index (χ3v) is 7.99. The van der Waals surface area contributed by atoms with Crippen molar-refractivity contribution in [3.8, 4) is 0 Å². The van der Waals surface area contributed by atoms with Crippen molar-refractivity contribution < 1.29 is 22.7 Å². The summed E-state index contributed by atoms with van der Waals surface area (Å²) < 4.78 is 38.3. The maximum absolute atomic E-state index is 12.9. The number of nitrogens with one attached hydrogen (secondary N) is 1. The Morgan fingerprint density at radius 1 is 1.06 bits per heavy atom. The standard InChI is InChI=1S/C23H29ClN2O5S/c1-22(2,3)17-9-11-18(12-10-17)25-21(27)31-23(30-4)13-15-26(16-14-23)32(28,29)20-8-6-5-7-19(20)24/h5-12H,13-16H2,1-4H3,(H,25,27). The van der Waals surface area contributed by atoms with E-state index in [0.717, 1.165) is 5.56 Å². The number of sulfonamides is 1. The molecule has 174 valence electrons. The summed E-state index contributed by atoms with van der Waals surface area (Å²) in [6.45, 7) is 6.61. The Bertz CT molecular complexity index is 1060. The minimum atomic E-state index is -3.75. The molecule has 0 bridgehead atoms. The van der Waals surface area contributed by atoms with Crippen molar-refractivity contribution in [2.75, 3.05) is 25.5 Å². The molecular weight excluding hydrogens is 452 g/mol. The normalized spacial score (nSPS) is 17.0. The van der Waals surface area contributed by atoms with E-state index in [2.05, 4.69) is 26.1 Å². The molecule has 1 aliphatic heterocycles. The van der Waals surface area contributed by atoms with Crippen LogP contribution in [0.4, 0.5) is 10.5 Å². The largest absolute Gasteiger partial charge is 0.417 e. The van der Waals surface area contributed by atoms with Crippen LogP contribution in [-0.4, -0.2) is 44.8 Å². The van der Waals surface area contributed by atoms with Gasteiger partial charge in [0.1, 0.15) is 4.90 Å². The summed E-state index contributed by atoms with van der Waals surface area (Å²) in [5, 5.41) is 2.88. The maximum atomic E-state index is 12.9. The molecule has 0 atom stereocenters. The third kappa shape index (κ3) is 5.43. The summed E-state index contributed by atoms with van der Waals surface area (Å²) in [7, 11) is -2.31. The molecule has 2 aromatic rings. The number of halogens is 1. The maximum Gasteiger partial charge on any atom is 0.414 e. The molecular formula is C23H29ClN2O5S. The molecule has 3 rings (SSSR count). The van der Waals surface area contributed by atoms with Gasteiger partial charge in [0.05, 0.1) is 5.02 Å². The van der Waals surface area contributed by atoms with Crippen molar-refractivity contribution in [3.63, 3.8) is 0 Å². The van der Waals surface area contributed by atoms with Crippen molar-refractivity contribution in [1.82, 2.24) is 4.31 Å². The summed E-state index contributed by atoms with van der Waals surface area (Å²) in [5.41, 5.74) is 1.77. The first-order chi connectivity index (χ1) is 15.0. The van der Waals surface area contributed by atoms with E-state index in [-0.39, 0.29) is 41.3 Å². The molecule has 0 saturated carbocycles. The number of nitrogens with zero attached hydrogens (tertiary/aromatic N) is 1. The van der Waals surface area contributed by atoms with E-state index in [1.807, 2.05) is 24.3 Å². The van der Waals surface area contributed by atoms with Gasteiger partial charge in [0.15, 0.2) is 0 Å². The van der Waals surface area contributed by atoms with Gasteiger partial charge >= 0.3 is 6.09 Å². The van der Waals surface area contributed by atoms with Gasteiger partial charge < -0.3 is 9.47 Å². The van der Waals surface area contributed by atoms with E-state index in [1.165, 1.54) is 17.5 Å².